The van der Waals surface area contributed by atoms with Crippen LogP contribution in [-0.2, 0) is 31.8 Å². The Morgan fingerprint density at radius 2 is 1.43 bits per heavy atom. The van der Waals surface area contributed by atoms with E-state index in [0.29, 0.717) is 36.4 Å². The predicted molar refractivity (Wildman–Crippen MR) is 148 cm³/mol. The number of benzene rings is 2. The van der Waals surface area contributed by atoms with Gasteiger partial charge in [0.15, 0.2) is 20.5 Å². The molecule has 6 nitrogen and oxygen atoms in total. The van der Waals surface area contributed by atoms with Gasteiger partial charge in [-0.2, -0.15) is 0 Å². The van der Waals surface area contributed by atoms with Gasteiger partial charge in [0.2, 0.25) is 0 Å². The summed E-state index contributed by atoms with van der Waals surface area (Å²) >= 11 is 0. The zero-order valence-electron chi connectivity index (χ0n) is 23.1. The topological polar surface area (TPSA) is 57.2 Å². The van der Waals surface area contributed by atoms with Gasteiger partial charge in [0.1, 0.15) is 6.10 Å². The first-order chi connectivity index (χ1) is 17.7. The lowest BCUT2D eigenvalue weighted by Crippen LogP contribution is -2.63. The second kappa shape index (κ2) is 12.1. The van der Waals surface area contributed by atoms with Gasteiger partial charge in [-0.3, -0.25) is 4.90 Å². The molecule has 0 amide bonds. The first-order valence-corrected chi connectivity index (χ1v) is 15.8. The molecule has 37 heavy (non-hydrogen) atoms. The van der Waals surface area contributed by atoms with E-state index in [-0.39, 0.29) is 18.2 Å². The second-order valence-electron chi connectivity index (χ2n) is 11.4. The minimum atomic E-state index is -2.12. The van der Waals surface area contributed by atoms with Crippen molar-refractivity contribution >= 4 is 14.5 Å². The molecule has 2 aliphatic heterocycles. The van der Waals surface area contributed by atoms with Crippen LogP contribution in [0.25, 0.3) is 0 Å². The number of rotatable bonds is 11. The van der Waals surface area contributed by atoms with Crippen LogP contribution in [0.1, 0.15) is 52.7 Å². The number of piperidine rings is 1. The zero-order chi connectivity index (χ0) is 26.6. The van der Waals surface area contributed by atoms with Crippen molar-refractivity contribution in [2.45, 2.75) is 95.7 Å². The van der Waals surface area contributed by atoms with Crippen molar-refractivity contribution in [2.24, 2.45) is 0 Å². The Kier molecular flexibility index (Phi) is 9.11. The van der Waals surface area contributed by atoms with Gasteiger partial charge in [-0.05, 0) is 27.8 Å². The highest BCUT2D eigenvalue weighted by Gasteiger charge is 2.53. The van der Waals surface area contributed by atoms with E-state index in [9.17, 15) is 4.79 Å². The molecule has 4 rings (SSSR count). The molecule has 0 radical (unpaired) electrons. The van der Waals surface area contributed by atoms with Crippen LogP contribution in [0.2, 0.25) is 16.6 Å². The summed E-state index contributed by atoms with van der Waals surface area (Å²) in [6, 6.07) is 20.5. The molecular formula is C30H43NO5Si. The minimum Gasteiger partial charge on any atom is -0.426 e. The summed E-state index contributed by atoms with van der Waals surface area (Å²) in [6.45, 7) is 16.1. The van der Waals surface area contributed by atoms with Crippen LogP contribution in [-0.4, -0.2) is 56.9 Å². The van der Waals surface area contributed by atoms with Crippen LogP contribution < -0.4 is 0 Å². The first kappa shape index (κ1) is 27.8. The lowest BCUT2D eigenvalue weighted by molar-refractivity contribution is -0.135. The molecule has 0 N–H and O–H groups in total. The summed E-state index contributed by atoms with van der Waals surface area (Å²) in [7, 11) is -2.12. The molecule has 202 valence electrons. The third-order valence-corrected chi connectivity index (χ3v) is 14.2. The standard InChI is InChI=1S/C30H43NO5Si/c1-21(2)37(22(3)4,23(5)6)34-20-26-28(33-19-25-15-11-8-12-16-25)29-27(35-30(32)36-29)18-31(26)17-24-13-9-7-10-14-24/h7-16,21-23,26-29H,17-20H2,1-6H3/t26-,27+,28-,29+/m1/s1. The van der Waals surface area contributed by atoms with Crippen molar-refractivity contribution in [1.82, 2.24) is 4.90 Å². The van der Waals surface area contributed by atoms with Gasteiger partial charge >= 0.3 is 6.16 Å². The Morgan fingerprint density at radius 1 is 0.865 bits per heavy atom. The molecule has 2 aliphatic rings. The van der Waals surface area contributed by atoms with E-state index < -0.39 is 20.6 Å². The highest BCUT2D eigenvalue weighted by Crippen LogP contribution is 2.43. The number of carbonyl (C=O) groups is 1. The average molecular weight is 526 g/mol. The molecule has 2 saturated heterocycles. The maximum Gasteiger partial charge on any atom is 0.509 e. The molecule has 7 heteroatoms. The molecule has 0 unspecified atom stereocenters. The summed E-state index contributed by atoms with van der Waals surface area (Å²) in [5.41, 5.74) is 3.71. The molecule has 0 saturated carbocycles. The van der Waals surface area contributed by atoms with Gasteiger partial charge < -0.3 is 18.6 Å². The number of nitrogens with zero attached hydrogens (tertiary/aromatic N) is 1. The molecule has 2 aromatic rings. The van der Waals surface area contributed by atoms with Crippen molar-refractivity contribution in [3.63, 3.8) is 0 Å². The van der Waals surface area contributed by atoms with E-state index in [1.54, 1.807) is 0 Å². The fraction of sp³-hybridized carbons (Fsp3) is 0.567. The van der Waals surface area contributed by atoms with Crippen molar-refractivity contribution in [2.75, 3.05) is 13.2 Å². The number of hydrogen-bond donors (Lipinski definition) is 0. The highest BCUT2D eigenvalue weighted by atomic mass is 28.4. The average Bonchev–Trinajstić information content (AvgIpc) is 3.24. The van der Waals surface area contributed by atoms with Crippen LogP contribution in [0.4, 0.5) is 4.79 Å². The minimum absolute atomic E-state index is 0.0807. The van der Waals surface area contributed by atoms with E-state index in [2.05, 4.69) is 82.8 Å². The summed E-state index contributed by atoms with van der Waals surface area (Å²) in [6.07, 6.45) is -1.80. The fourth-order valence-electron chi connectivity index (χ4n) is 6.52. The van der Waals surface area contributed by atoms with Crippen LogP contribution in [0.3, 0.4) is 0 Å². The van der Waals surface area contributed by atoms with Gasteiger partial charge in [-0.15, -0.1) is 0 Å². The molecule has 2 fully saturated rings. The maximum atomic E-state index is 12.2. The summed E-state index contributed by atoms with van der Waals surface area (Å²) in [5.74, 6) is 0. The molecular weight excluding hydrogens is 482 g/mol. The van der Waals surface area contributed by atoms with Gasteiger partial charge in [0.25, 0.3) is 0 Å². The normalized spacial score (nSPS) is 24.4. The van der Waals surface area contributed by atoms with Crippen LogP contribution in [0.15, 0.2) is 60.7 Å². The first-order valence-electron chi connectivity index (χ1n) is 13.7. The largest absolute Gasteiger partial charge is 0.509 e. The molecule has 2 aromatic carbocycles. The molecule has 0 aromatic heterocycles. The van der Waals surface area contributed by atoms with Crippen molar-refractivity contribution < 1.29 is 23.4 Å². The van der Waals surface area contributed by atoms with Gasteiger partial charge in [0.05, 0.1) is 19.3 Å². The summed E-state index contributed by atoms with van der Waals surface area (Å²) in [4.78, 5) is 14.6. The van der Waals surface area contributed by atoms with E-state index in [4.69, 9.17) is 18.6 Å². The number of fused-ring (bicyclic) bond motifs is 1. The van der Waals surface area contributed by atoms with Crippen LogP contribution >= 0.6 is 0 Å². The molecule has 4 atom stereocenters. The van der Waals surface area contributed by atoms with Crippen LogP contribution in [0.5, 0.6) is 0 Å². The van der Waals surface area contributed by atoms with E-state index in [1.807, 2.05) is 24.3 Å². The Morgan fingerprint density at radius 3 is 2.00 bits per heavy atom. The Labute approximate surface area is 223 Å². The lowest BCUT2D eigenvalue weighted by atomic mass is 9.93. The lowest BCUT2D eigenvalue weighted by Gasteiger charge is -2.48. The summed E-state index contributed by atoms with van der Waals surface area (Å²) < 4.78 is 25.0. The molecule has 0 spiro atoms. The van der Waals surface area contributed by atoms with Crippen LogP contribution in [0, 0.1) is 0 Å². The molecule has 2 heterocycles. The Balaban J connectivity index is 1.66. The van der Waals surface area contributed by atoms with Crippen molar-refractivity contribution in [1.29, 1.82) is 0 Å². The SMILES string of the molecule is CC(C)[Si](OC[C@@H]1[C@@H](OCc2ccccc2)[C@H]2OC(=O)O[C@H]2CN1Cc1ccccc1)(C(C)C)C(C)C. The number of hydrogen-bond acceptors (Lipinski definition) is 6. The fourth-order valence-corrected chi connectivity index (χ4v) is 12.0. The zero-order valence-corrected chi connectivity index (χ0v) is 24.1. The third kappa shape index (κ3) is 6.11. The van der Waals surface area contributed by atoms with Gasteiger partial charge in [-0.1, -0.05) is 102 Å². The number of carbonyl (C=O) groups excluding carboxylic acids is 1. The van der Waals surface area contributed by atoms with E-state index in [0.717, 1.165) is 12.1 Å². The Hall–Kier alpha value is -2.19. The molecule has 0 aliphatic carbocycles. The van der Waals surface area contributed by atoms with Crippen molar-refractivity contribution in [3.8, 4) is 0 Å². The predicted octanol–water partition coefficient (Wildman–Crippen LogP) is 6.55. The number of likely N-dealkylation sites (tertiary alicyclic amines) is 1. The molecule has 0 bridgehead atoms. The third-order valence-electron chi connectivity index (χ3n) is 8.16. The number of ether oxygens (including phenoxy) is 3. The monoisotopic (exact) mass is 525 g/mol. The smallest absolute Gasteiger partial charge is 0.426 e. The summed E-state index contributed by atoms with van der Waals surface area (Å²) in [5, 5.41) is 0. The quantitative estimate of drug-likeness (QED) is 0.245. The highest BCUT2D eigenvalue weighted by molar-refractivity contribution is 6.77. The van der Waals surface area contributed by atoms with Crippen molar-refractivity contribution in [3.05, 3.63) is 71.8 Å². The van der Waals surface area contributed by atoms with E-state index >= 15 is 0 Å². The van der Waals surface area contributed by atoms with E-state index in [1.165, 1.54) is 5.56 Å². The second-order valence-corrected chi connectivity index (χ2v) is 16.8. The maximum absolute atomic E-state index is 12.2. The van der Waals surface area contributed by atoms with Gasteiger partial charge in [0, 0.05) is 13.1 Å². The Bertz CT molecular complexity index is 978. The van der Waals surface area contributed by atoms with Gasteiger partial charge in [-0.25, -0.2) is 4.79 Å².